The standard InChI is InChI=1S/C17H23N5O/c23-17(21-9-3-1-2-4-10-21)19-11-15-5-7-16(8-6-15)12-22-14-18-13-20-22/h5-8,13-14H,1-4,9-12H2,(H,19,23). The number of benzene rings is 1. The van der Waals surface area contributed by atoms with Gasteiger partial charge in [-0.15, -0.1) is 0 Å². The van der Waals surface area contributed by atoms with Crippen LogP contribution in [0.1, 0.15) is 36.8 Å². The molecule has 0 spiro atoms. The summed E-state index contributed by atoms with van der Waals surface area (Å²) >= 11 is 0. The Bertz CT molecular complexity index is 600. The zero-order chi connectivity index (χ0) is 15.9. The van der Waals surface area contributed by atoms with E-state index >= 15 is 0 Å². The number of amides is 2. The van der Waals surface area contributed by atoms with Gasteiger partial charge in [0.1, 0.15) is 12.7 Å². The second-order valence-corrected chi connectivity index (χ2v) is 5.97. The summed E-state index contributed by atoms with van der Waals surface area (Å²) in [6, 6.07) is 8.28. The highest BCUT2D eigenvalue weighted by Crippen LogP contribution is 2.10. The summed E-state index contributed by atoms with van der Waals surface area (Å²) < 4.78 is 1.79. The van der Waals surface area contributed by atoms with Crippen LogP contribution in [0.5, 0.6) is 0 Å². The van der Waals surface area contributed by atoms with Gasteiger partial charge in [-0.2, -0.15) is 5.10 Å². The van der Waals surface area contributed by atoms with Gasteiger partial charge in [-0.1, -0.05) is 37.1 Å². The lowest BCUT2D eigenvalue weighted by Gasteiger charge is -2.20. The normalized spacial score (nSPS) is 15.2. The molecule has 2 amide bonds. The number of carbonyl (C=O) groups is 1. The second-order valence-electron chi connectivity index (χ2n) is 5.97. The van der Waals surface area contributed by atoms with Crippen molar-refractivity contribution in [3.8, 4) is 0 Å². The van der Waals surface area contributed by atoms with Crippen molar-refractivity contribution in [1.82, 2.24) is 25.0 Å². The fourth-order valence-corrected chi connectivity index (χ4v) is 2.83. The minimum Gasteiger partial charge on any atom is -0.334 e. The van der Waals surface area contributed by atoms with Gasteiger partial charge in [0, 0.05) is 19.6 Å². The molecule has 1 aliphatic heterocycles. The van der Waals surface area contributed by atoms with Crippen LogP contribution in [-0.4, -0.2) is 38.8 Å². The number of urea groups is 1. The molecule has 1 N–H and O–H groups in total. The SMILES string of the molecule is O=C(NCc1ccc(Cn2cncn2)cc1)N1CCCCCC1. The molecular weight excluding hydrogens is 290 g/mol. The topological polar surface area (TPSA) is 63.1 Å². The Morgan fingerprint density at radius 1 is 1.04 bits per heavy atom. The van der Waals surface area contributed by atoms with E-state index < -0.39 is 0 Å². The number of nitrogens with one attached hydrogen (secondary N) is 1. The lowest BCUT2D eigenvalue weighted by Crippen LogP contribution is -2.40. The first-order chi connectivity index (χ1) is 11.3. The summed E-state index contributed by atoms with van der Waals surface area (Å²) in [5, 5.41) is 7.12. The monoisotopic (exact) mass is 313 g/mol. The molecule has 1 aromatic carbocycles. The highest BCUT2D eigenvalue weighted by molar-refractivity contribution is 5.74. The molecule has 6 heteroatoms. The Balaban J connectivity index is 1.49. The van der Waals surface area contributed by atoms with Crippen LogP contribution >= 0.6 is 0 Å². The molecule has 0 atom stereocenters. The minimum atomic E-state index is 0.0543. The van der Waals surface area contributed by atoms with Crippen LogP contribution in [-0.2, 0) is 13.1 Å². The van der Waals surface area contributed by atoms with E-state index in [9.17, 15) is 4.79 Å². The van der Waals surface area contributed by atoms with Crippen molar-refractivity contribution in [2.45, 2.75) is 38.8 Å². The average Bonchev–Trinajstić information content (AvgIpc) is 2.93. The van der Waals surface area contributed by atoms with Crippen LogP contribution < -0.4 is 5.32 Å². The number of rotatable bonds is 4. The summed E-state index contributed by atoms with van der Waals surface area (Å²) in [7, 11) is 0. The number of hydrogen-bond donors (Lipinski definition) is 1. The first-order valence-corrected chi connectivity index (χ1v) is 8.24. The fraction of sp³-hybridized carbons (Fsp3) is 0.471. The highest BCUT2D eigenvalue weighted by atomic mass is 16.2. The van der Waals surface area contributed by atoms with Crippen molar-refractivity contribution in [1.29, 1.82) is 0 Å². The number of nitrogens with zero attached hydrogens (tertiary/aromatic N) is 4. The maximum atomic E-state index is 12.2. The van der Waals surface area contributed by atoms with E-state index in [0.717, 1.165) is 37.1 Å². The second kappa shape index (κ2) is 7.76. The summed E-state index contributed by atoms with van der Waals surface area (Å²) in [5.74, 6) is 0. The van der Waals surface area contributed by atoms with Gasteiger partial charge >= 0.3 is 6.03 Å². The molecule has 0 bridgehead atoms. The van der Waals surface area contributed by atoms with E-state index in [1.165, 1.54) is 19.2 Å². The molecule has 6 nitrogen and oxygen atoms in total. The van der Waals surface area contributed by atoms with Crippen LogP contribution in [0.3, 0.4) is 0 Å². The third-order valence-electron chi connectivity index (χ3n) is 4.17. The molecule has 1 aliphatic rings. The highest BCUT2D eigenvalue weighted by Gasteiger charge is 2.14. The Hall–Kier alpha value is -2.37. The van der Waals surface area contributed by atoms with Crippen molar-refractivity contribution in [3.05, 3.63) is 48.0 Å². The Morgan fingerprint density at radius 2 is 1.74 bits per heavy atom. The van der Waals surface area contributed by atoms with Crippen LogP contribution in [0.15, 0.2) is 36.9 Å². The summed E-state index contributed by atoms with van der Waals surface area (Å²) in [6.45, 7) is 3.03. The fourth-order valence-electron chi connectivity index (χ4n) is 2.83. The molecule has 0 unspecified atom stereocenters. The predicted molar refractivity (Wildman–Crippen MR) is 87.8 cm³/mol. The molecule has 3 rings (SSSR count). The van der Waals surface area contributed by atoms with Gasteiger partial charge in [-0.3, -0.25) is 0 Å². The summed E-state index contributed by atoms with van der Waals surface area (Å²) in [6.07, 6.45) is 7.94. The van der Waals surface area contributed by atoms with Gasteiger partial charge in [-0.25, -0.2) is 14.5 Å². The van der Waals surface area contributed by atoms with Gasteiger partial charge in [0.25, 0.3) is 0 Å². The molecule has 0 aliphatic carbocycles. The maximum Gasteiger partial charge on any atom is 0.317 e. The van der Waals surface area contributed by atoms with E-state index in [-0.39, 0.29) is 6.03 Å². The van der Waals surface area contributed by atoms with E-state index in [1.54, 1.807) is 11.0 Å². The van der Waals surface area contributed by atoms with E-state index in [4.69, 9.17) is 0 Å². The van der Waals surface area contributed by atoms with Crippen LogP contribution in [0, 0.1) is 0 Å². The van der Waals surface area contributed by atoms with Crippen LogP contribution in [0.25, 0.3) is 0 Å². The lowest BCUT2D eigenvalue weighted by atomic mass is 10.1. The number of likely N-dealkylation sites (tertiary alicyclic amines) is 1. The Kier molecular flexibility index (Phi) is 5.24. The van der Waals surface area contributed by atoms with Crippen LogP contribution in [0.4, 0.5) is 4.79 Å². The first kappa shape index (κ1) is 15.5. The zero-order valence-electron chi connectivity index (χ0n) is 13.3. The van der Waals surface area contributed by atoms with Gasteiger partial charge in [0.2, 0.25) is 0 Å². The molecular formula is C17H23N5O. The van der Waals surface area contributed by atoms with Crippen molar-refractivity contribution < 1.29 is 4.79 Å². The van der Waals surface area contributed by atoms with E-state index in [2.05, 4.69) is 39.7 Å². The molecule has 2 aromatic rings. The molecule has 23 heavy (non-hydrogen) atoms. The molecule has 1 fully saturated rings. The third kappa shape index (κ3) is 4.55. The lowest BCUT2D eigenvalue weighted by molar-refractivity contribution is 0.199. The Morgan fingerprint density at radius 3 is 2.39 bits per heavy atom. The number of carbonyl (C=O) groups excluding carboxylic acids is 1. The number of hydrogen-bond acceptors (Lipinski definition) is 3. The minimum absolute atomic E-state index is 0.0543. The zero-order valence-corrected chi connectivity index (χ0v) is 13.3. The molecule has 1 saturated heterocycles. The van der Waals surface area contributed by atoms with Crippen LogP contribution in [0.2, 0.25) is 0 Å². The van der Waals surface area contributed by atoms with Gasteiger partial charge in [0.05, 0.1) is 6.54 Å². The third-order valence-corrected chi connectivity index (χ3v) is 4.17. The molecule has 1 aromatic heterocycles. The quantitative estimate of drug-likeness (QED) is 0.943. The largest absolute Gasteiger partial charge is 0.334 e. The van der Waals surface area contributed by atoms with Gasteiger partial charge in [0.15, 0.2) is 0 Å². The van der Waals surface area contributed by atoms with Crippen molar-refractivity contribution in [2.75, 3.05) is 13.1 Å². The summed E-state index contributed by atoms with van der Waals surface area (Å²) in [5.41, 5.74) is 2.27. The van der Waals surface area contributed by atoms with Gasteiger partial charge in [-0.05, 0) is 24.0 Å². The van der Waals surface area contributed by atoms with E-state index in [0.29, 0.717) is 13.1 Å². The maximum absolute atomic E-state index is 12.2. The Labute approximate surface area is 136 Å². The van der Waals surface area contributed by atoms with E-state index in [1.807, 2.05) is 4.90 Å². The number of aromatic nitrogens is 3. The van der Waals surface area contributed by atoms with Gasteiger partial charge < -0.3 is 10.2 Å². The van der Waals surface area contributed by atoms with Crippen molar-refractivity contribution >= 4 is 6.03 Å². The molecule has 2 heterocycles. The average molecular weight is 313 g/mol. The predicted octanol–water partition coefficient (Wildman–Crippen LogP) is 2.41. The van der Waals surface area contributed by atoms with Crippen molar-refractivity contribution in [3.63, 3.8) is 0 Å². The summed E-state index contributed by atoms with van der Waals surface area (Å²) in [4.78, 5) is 18.1. The molecule has 122 valence electrons. The first-order valence-electron chi connectivity index (χ1n) is 8.24. The molecule has 0 radical (unpaired) electrons. The van der Waals surface area contributed by atoms with Crippen molar-refractivity contribution in [2.24, 2.45) is 0 Å². The smallest absolute Gasteiger partial charge is 0.317 e. The molecule has 0 saturated carbocycles.